The maximum atomic E-state index is 13.0. The molecule has 0 saturated heterocycles. The van der Waals surface area contributed by atoms with Crippen molar-refractivity contribution < 1.29 is 24.4 Å². The summed E-state index contributed by atoms with van der Waals surface area (Å²) in [5, 5.41) is 21.2. The van der Waals surface area contributed by atoms with Gasteiger partial charge in [0.1, 0.15) is 0 Å². The van der Waals surface area contributed by atoms with Gasteiger partial charge in [-0.2, -0.15) is 0 Å². The molecule has 9 rings (SSSR count). The maximum Gasteiger partial charge on any atom is 0.489 e. The number of aromatic nitrogens is 5. The van der Waals surface area contributed by atoms with Crippen molar-refractivity contribution in [3.8, 4) is 11.1 Å². The zero-order valence-electron chi connectivity index (χ0n) is 50.6. The van der Waals surface area contributed by atoms with Crippen LogP contribution in [0.25, 0.3) is 32.8 Å². The summed E-state index contributed by atoms with van der Waals surface area (Å²) in [6.45, 7) is 24.0. The van der Waals surface area contributed by atoms with E-state index in [2.05, 4.69) is 40.8 Å². The number of halogens is 1. The number of hydrogen-bond acceptors (Lipinski definition) is 13. The topological polar surface area (TPSA) is 264 Å². The summed E-state index contributed by atoms with van der Waals surface area (Å²) in [4.78, 5) is 73.5. The average Bonchev–Trinajstić information content (AvgIpc) is 2.61. The number of nitrogen functional groups attached to an aromatic ring is 3. The SMILES string of the molecule is CC(C)N(C(=O)c1ccccc1)C(C)C.CC(C)N(C(=O)c1ccccc1-c1cnccc1N)C(C)C.CC(C)N(C(=O)c1ccccc1B(O)O)C(C)C.Nc1ccncc1.Nc1ccncc1Br.O=c1[nH]c2ccncc2c2ccccc12. The Balaban J connectivity index is 0.000000226. The first-order valence-corrected chi connectivity index (χ1v) is 28.8. The summed E-state index contributed by atoms with van der Waals surface area (Å²) >= 11 is 3.21. The molecule has 0 atom stereocenters. The number of anilines is 3. The van der Waals surface area contributed by atoms with Crippen LogP contribution in [-0.4, -0.2) is 111 Å². The van der Waals surface area contributed by atoms with E-state index in [4.69, 9.17) is 17.2 Å². The van der Waals surface area contributed by atoms with Crippen LogP contribution in [0.5, 0.6) is 0 Å². The number of fused-ring (bicyclic) bond motifs is 3. The second-order valence-electron chi connectivity index (χ2n) is 21.1. The van der Waals surface area contributed by atoms with Gasteiger partial charge in [0.05, 0.1) is 9.99 Å². The molecule has 0 aliphatic carbocycles. The Labute approximate surface area is 508 Å². The van der Waals surface area contributed by atoms with E-state index in [0.717, 1.165) is 48.8 Å². The van der Waals surface area contributed by atoms with Gasteiger partial charge in [0.2, 0.25) is 0 Å². The number of carbonyl (C=O) groups excluding carboxylic acids is 3. The molecule has 9 N–H and O–H groups in total. The Kier molecular flexibility index (Phi) is 27.6. The number of rotatable bonds is 11. The molecule has 0 radical (unpaired) electrons. The molecule has 0 bridgehead atoms. The summed E-state index contributed by atoms with van der Waals surface area (Å²) in [6, 6.07) is 40.7. The number of amides is 3. The van der Waals surface area contributed by atoms with Gasteiger partial charge in [-0.3, -0.25) is 39.1 Å². The van der Waals surface area contributed by atoms with Crippen molar-refractivity contribution in [2.24, 2.45) is 0 Å². The first-order chi connectivity index (χ1) is 40.4. The third-order valence-electron chi connectivity index (χ3n) is 12.9. The number of benzene rings is 4. The van der Waals surface area contributed by atoms with Crippen LogP contribution in [0.4, 0.5) is 17.1 Å². The largest absolute Gasteiger partial charge is 0.489 e. The predicted molar refractivity (Wildman–Crippen MR) is 351 cm³/mol. The minimum atomic E-state index is -1.63. The van der Waals surface area contributed by atoms with E-state index in [-0.39, 0.29) is 65.0 Å². The van der Waals surface area contributed by atoms with Crippen molar-refractivity contribution in [1.82, 2.24) is 39.6 Å². The van der Waals surface area contributed by atoms with Crippen LogP contribution in [0.3, 0.4) is 0 Å². The van der Waals surface area contributed by atoms with Gasteiger partial charge in [0.15, 0.2) is 0 Å². The van der Waals surface area contributed by atoms with Gasteiger partial charge in [0, 0.05) is 136 Å². The average molecular weight is 1220 g/mol. The summed E-state index contributed by atoms with van der Waals surface area (Å²) < 4.78 is 0.847. The van der Waals surface area contributed by atoms with Crippen LogP contribution in [0.1, 0.15) is 114 Å². The molecule has 446 valence electrons. The number of pyridine rings is 5. The Morgan fingerprint density at radius 2 is 0.894 bits per heavy atom. The van der Waals surface area contributed by atoms with Crippen molar-refractivity contribution in [2.75, 3.05) is 17.2 Å². The standard InChI is InChI=1S/C18H23N3O.C13H20BNO3.C13H19NO.C12H8N2O.C5H5BrN2.C5H6N2/c1-12(2)21(13(3)4)18(22)15-8-6-5-7-14(15)16-11-20-10-9-17(16)19;1-9(2)15(10(3)4)13(16)11-7-5-6-8-12(11)14(17)18;1-10(2)14(11(3)4)13(15)12-8-6-5-7-9-12;15-12-9-4-2-1-3-8(9)10-7-13-6-5-11(10)14-12;6-4-3-8-2-1-5(4)7;6-5-1-3-7-4-2-5/h5-13H,1-4H3,(H2,19,20);5-10,17-18H,1-4H3;5-11H,1-4H3;1-7H,(H,14,15);1-3H,(H2,7,8);1-4H,(H2,6,7). The van der Waals surface area contributed by atoms with E-state index in [1.807, 2.05) is 178 Å². The number of nitrogens with two attached hydrogens (primary N) is 3. The molecule has 0 aliphatic rings. The van der Waals surface area contributed by atoms with Gasteiger partial charge in [-0.25, -0.2) is 0 Å². The fraction of sp³-hybridized carbons (Fsp3) is 0.273. The summed E-state index contributed by atoms with van der Waals surface area (Å²) in [5.41, 5.74) is 23.3. The Morgan fingerprint density at radius 3 is 1.39 bits per heavy atom. The van der Waals surface area contributed by atoms with E-state index < -0.39 is 7.12 Å². The van der Waals surface area contributed by atoms with Crippen LogP contribution >= 0.6 is 15.9 Å². The zero-order chi connectivity index (χ0) is 62.9. The van der Waals surface area contributed by atoms with Crippen molar-refractivity contribution in [3.05, 3.63) is 215 Å². The second-order valence-corrected chi connectivity index (χ2v) is 22.0. The molecular formula is C66H81BBrN11O6. The maximum absolute atomic E-state index is 13.0. The number of hydrogen-bond donors (Lipinski definition) is 6. The molecule has 3 amide bonds. The minimum absolute atomic E-state index is 0.0175. The molecule has 4 aromatic carbocycles. The molecule has 85 heavy (non-hydrogen) atoms. The summed E-state index contributed by atoms with van der Waals surface area (Å²) in [6.07, 6.45) is 13.4. The molecule has 5 aromatic heterocycles. The summed E-state index contributed by atoms with van der Waals surface area (Å²) in [7, 11) is -1.63. The highest BCUT2D eigenvalue weighted by Gasteiger charge is 2.28. The molecule has 5 heterocycles. The van der Waals surface area contributed by atoms with E-state index in [1.54, 1.807) is 103 Å². The third kappa shape index (κ3) is 20.2. The zero-order valence-corrected chi connectivity index (χ0v) is 52.2. The lowest BCUT2D eigenvalue weighted by atomic mass is 9.76. The van der Waals surface area contributed by atoms with Crippen molar-refractivity contribution in [3.63, 3.8) is 0 Å². The number of aromatic amines is 1. The summed E-state index contributed by atoms with van der Waals surface area (Å²) in [5.74, 6) is -0.0480. The first-order valence-electron chi connectivity index (χ1n) is 28.0. The van der Waals surface area contributed by atoms with Gasteiger partial charge in [-0.1, -0.05) is 72.8 Å². The molecular weight excluding hydrogens is 1130 g/mol. The lowest BCUT2D eigenvalue weighted by Crippen LogP contribution is -2.45. The Morgan fingerprint density at radius 1 is 0.459 bits per heavy atom. The van der Waals surface area contributed by atoms with Crippen molar-refractivity contribution in [1.29, 1.82) is 0 Å². The lowest BCUT2D eigenvalue weighted by molar-refractivity contribution is 0.0634. The van der Waals surface area contributed by atoms with Crippen LogP contribution in [0.2, 0.25) is 0 Å². The normalized spacial score (nSPS) is 10.6. The van der Waals surface area contributed by atoms with Crippen molar-refractivity contribution in [2.45, 2.75) is 119 Å². The highest BCUT2D eigenvalue weighted by molar-refractivity contribution is 9.10. The molecule has 9 aromatic rings. The molecule has 0 saturated carbocycles. The van der Waals surface area contributed by atoms with Crippen LogP contribution in [-0.2, 0) is 0 Å². The van der Waals surface area contributed by atoms with E-state index in [9.17, 15) is 29.2 Å². The molecule has 0 aliphatic heterocycles. The molecule has 19 heteroatoms. The van der Waals surface area contributed by atoms with E-state index >= 15 is 0 Å². The van der Waals surface area contributed by atoms with Crippen LogP contribution in [0, 0.1) is 0 Å². The van der Waals surface area contributed by atoms with E-state index in [1.165, 1.54) is 0 Å². The number of carbonyl (C=O) groups is 3. The monoisotopic (exact) mass is 1210 g/mol. The third-order valence-corrected chi connectivity index (χ3v) is 13.5. The van der Waals surface area contributed by atoms with Crippen LogP contribution < -0.4 is 28.2 Å². The van der Waals surface area contributed by atoms with Gasteiger partial charge < -0.3 is 46.9 Å². The van der Waals surface area contributed by atoms with Gasteiger partial charge >= 0.3 is 7.12 Å². The highest BCUT2D eigenvalue weighted by Crippen LogP contribution is 2.30. The van der Waals surface area contributed by atoms with Crippen molar-refractivity contribution >= 4 is 85.0 Å². The number of H-pyrrole nitrogens is 1. The van der Waals surface area contributed by atoms with Gasteiger partial charge in [-0.15, -0.1) is 0 Å². The Hall–Kier alpha value is -8.78. The molecule has 17 nitrogen and oxygen atoms in total. The first kappa shape index (κ1) is 68.7. The van der Waals surface area contributed by atoms with Gasteiger partial charge in [0.25, 0.3) is 23.3 Å². The fourth-order valence-electron chi connectivity index (χ4n) is 9.23. The Bertz CT molecular complexity index is 3540. The molecule has 0 fully saturated rings. The molecule has 0 spiro atoms. The predicted octanol–water partition coefficient (Wildman–Crippen LogP) is 11.3. The minimum Gasteiger partial charge on any atom is -0.423 e. The van der Waals surface area contributed by atoms with Gasteiger partial charge in [-0.05, 0) is 176 Å². The second kappa shape index (κ2) is 34.1. The number of nitrogens with one attached hydrogen (secondary N) is 1. The molecule has 0 unspecified atom stereocenters. The quantitative estimate of drug-likeness (QED) is 0.0520. The fourth-order valence-corrected chi connectivity index (χ4v) is 9.48. The van der Waals surface area contributed by atoms with Crippen LogP contribution in [0.15, 0.2) is 192 Å². The lowest BCUT2D eigenvalue weighted by Gasteiger charge is -2.31. The smallest absolute Gasteiger partial charge is 0.423 e. The highest BCUT2D eigenvalue weighted by atomic mass is 79.9. The van der Waals surface area contributed by atoms with E-state index in [0.29, 0.717) is 22.2 Å². The number of nitrogens with zero attached hydrogens (tertiary/aromatic N) is 7.